The van der Waals surface area contributed by atoms with Crippen molar-refractivity contribution in [1.29, 1.82) is 0 Å². The number of pyridine rings is 1. The number of carbonyl (C=O) groups is 2. The van der Waals surface area contributed by atoms with Gasteiger partial charge in [-0.1, -0.05) is 0 Å². The lowest BCUT2D eigenvalue weighted by atomic mass is 9.80. The van der Waals surface area contributed by atoms with E-state index in [2.05, 4.69) is 10.3 Å². The van der Waals surface area contributed by atoms with E-state index in [-0.39, 0.29) is 12.5 Å². The zero-order valence-electron chi connectivity index (χ0n) is 13.9. The molecule has 7 heteroatoms. The monoisotopic (exact) mass is 344 g/mol. The Morgan fingerprint density at radius 1 is 1.28 bits per heavy atom. The molecule has 0 aliphatic carbocycles. The van der Waals surface area contributed by atoms with Crippen LogP contribution >= 0.6 is 0 Å². The number of nitrogens with one attached hydrogen (secondary N) is 1. The number of furan rings is 1. The number of ether oxygens (including phenoxy) is 1. The molecular weight excluding hydrogens is 324 g/mol. The smallest absolute Gasteiger partial charge is 0.311 e. The van der Waals surface area contributed by atoms with E-state index in [1.807, 2.05) is 0 Å². The lowest BCUT2D eigenvalue weighted by molar-refractivity contribution is -0.154. The minimum absolute atomic E-state index is 0.0733. The predicted molar refractivity (Wildman–Crippen MR) is 89.1 cm³/mol. The number of nitrogens with zero attached hydrogens (tertiary/aromatic N) is 1. The van der Waals surface area contributed by atoms with Gasteiger partial charge in [0.25, 0.3) is 5.91 Å². The van der Waals surface area contributed by atoms with E-state index < -0.39 is 11.4 Å². The number of carbonyl (C=O) groups excluding carboxylic acids is 1. The van der Waals surface area contributed by atoms with Gasteiger partial charge in [-0.25, -0.2) is 4.98 Å². The third-order valence-corrected chi connectivity index (χ3v) is 4.59. The van der Waals surface area contributed by atoms with Gasteiger partial charge in [-0.2, -0.15) is 0 Å². The highest BCUT2D eigenvalue weighted by Crippen LogP contribution is 2.30. The Kier molecular flexibility index (Phi) is 4.85. The molecule has 7 nitrogen and oxygen atoms in total. The average Bonchev–Trinajstić information content (AvgIpc) is 3.15. The van der Waals surface area contributed by atoms with Gasteiger partial charge in [-0.05, 0) is 44.0 Å². The highest BCUT2D eigenvalue weighted by Gasteiger charge is 2.40. The average molecular weight is 344 g/mol. The SMILES string of the molecule is Cc1nc(-c2ccco2)ccc1C(=O)NCC1(C(=O)O)CCOCC1. The van der Waals surface area contributed by atoms with E-state index in [1.54, 1.807) is 37.5 Å². The fourth-order valence-electron chi connectivity index (χ4n) is 2.94. The number of aromatic nitrogens is 1. The van der Waals surface area contributed by atoms with Crippen LogP contribution in [0.1, 0.15) is 28.9 Å². The van der Waals surface area contributed by atoms with E-state index in [4.69, 9.17) is 9.15 Å². The quantitative estimate of drug-likeness (QED) is 0.863. The second kappa shape index (κ2) is 7.06. The third kappa shape index (κ3) is 3.56. The molecule has 0 radical (unpaired) electrons. The molecular formula is C18H20N2O5. The van der Waals surface area contributed by atoms with Crippen LogP contribution in [0.2, 0.25) is 0 Å². The van der Waals surface area contributed by atoms with Crippen molar-refractivity contribution in [3.8, 4) is 11.5 Å². The molecule has 2 aromatic rings. The van der Waals surface area contributed by atoms with Crippen LogP contribution in [-0.4, -0.2) is 41.7 Å². The fourth-order valence-corrected chi connectivity index (χ4v) is 2.94. The summed E-state index contributed by atoms with van der Waals surface area (Å²) >= 11 is 0. The van der Waals surface area contributed by atoms with Gasteiger partial charge in [-0.15, -0.1) is 0 Å². The van der Waals surface area contributed by atoms with Crippen molar-refractivity contribution < 1.29 is 23.8 Å². The molecule has 0 aromatic carbocycles. The molecule has 1 aliphatic rings. The van der Waals surface area contributed by atoms with Crippen molar-refractivity contribution in [2.75, 3.05) is 19.8 Å². The summed E-state index contributed by atoms with van der Waals surface area (Å²) < 4.78 is 10.5. The minimum atomic E-state index is -0.969. The zero-order valence-corrected chi connectivity index (χ0v) is 13.9. The van der Waals surface area contributed by atoms with Crippen LogP contribution in [0, 0.1) is 12.3 Å². The molecule has 3 heterocycles. The summed E-state index contributed by atoms with van der Waals surface area (Å²) in [5.74, 6) is -0.607. The van der Waals surface area contributed by atoms with Crippen molar-refractivity contribution in [2.24, 2.45) is 5.41 Å². The van der Waals surface area contributed by atoms with Crippen molar-refractivity contribution >= 4 is 11.9 Å². The third-order valence-electron chi connectivity index (χ3n) is 4.59. The molecule has 0 unspecified atom stereocenters. The van der Waals surface area contributed by atoms with Crippen molar-refractivity contribution in [3.05, 3.63) is 41.8 Å². The summed E-state index contributed by atoms with van der Waals surface area (Å²) in [5.41, 5.74) is 0.653. The number of aliphatic carboxylic acids is 1. The maximum absolute atomic E-state index is 12.5. The van der Waals surface area contributed by atoms with Crippen LogP contribution in [-0.2, 0) is 9.53 Å². The molecule has 132 valence electrons. The summed E-state index contributed by atoms with van der Waals surface area (Å²) in [6.07, 6.45) is 2.33. The Morgan fingerprint density at radius 3 is 2.64 bits per heavy atom. The van der Waals surface area contributed by atoms with Gasteiger partial charge in [0.1, 0.15) is 5.69 Å². The van der Waals surface area contributed by atoms with Gasteiger partial charge in [-0.3, -0.25) is 9.59 Å². The van der Waals surface area contributed by atoms with Gasteiger partial charge >= 0.3 is 5.97 Å². The van der Waals surface area contributed by atoms with Gasteiger partial charge in [0, 0.05) is 19.8 Å². The molecule has 2 N–H and O–H groups in total. The maximum Gasteiger partial charge on any atom is 0.311 e. The molecule has 2 aromatic heterocycles. The van der Waals surface area contributed by atoms with E-state index in [9.17, 15) is 14.7 Å². The number of hydrogen-bond acceptors (Lipinski definition) is 5. The Labute approximate surface area is 145 Å². The summed E-state index contributed by atoms with van der Waals surface area (Å²) in [6, 6.07) is 6.95. The Bertz CT molecular complexity index is 764. The minimum Gasteiger partial charge on any atom is -0.481 e. The first-order valence-electron chi connectivity index (χ1n) is 8.13. The molecule has 0 saturated carbocycles. The first-order chi connectivity index (χ1) is 12.0. The molecule has 0 bridgehead atoms. The number of aryl methyl sites for hydroxylation is 1. The Hall–Kier alpha value is -2.67. The van der Waals surface area contributed by atoms with Gasteiger partial charge in [0.2, 0.25) is 0 Å². The van der Waals surface area contributed by atoms with Crippen LogP contribution in [0.3, 0.4) is 0 Å². The highest BCUT2D eigenvalue weighted by molar-refractivity contribution is 5.95. The normalized spacial score (nSPS) is 16.4. The molecule has 1 saturated heterocycles. The molecule has 0 atom stereocenters. The molecule has 0 spiro atoms. The maximum atomic E-state index is 12.5. The van der Waals surface area contributed by atoms with Crippen molar-refractivity contribution in [2.45, 2.75) is 19.8 Å². The standard InChI is InChI=1S/C18H20N2O5/c1-12-13(4-5-14(20-12)15-3-2-8-25-15)16(21)19-11-18(17(22)23)6-9-24-10-7-18/h2-5,8H,6-7,9-11H2,1H3,(H,19,21)(H,22,23). The summed E-state index contributed by atoms with van der Waals surface area (Å²) in [5, 5.41) is 12.3. The summed E-state index contributed by atoms with van der Waals surface area (Å²) in [7, 11) is 0. The van der Waals surface area contributed by atoms with Gasteiger partial charge in [0.15, 0.2) is 5.76 Å². The van der Waals surface area contributed by atoms with Gasteiger partial charge in [0.05, 0.1) is 22.9 Å². The molecule has 3 rings (SSSR count). The fraction of sp³-hybridized carbons (Fsp3) is 0.389. The predicted octanol–water partition coefficient (Wildman–Crippen LogP) is 2.26. The van der Waals surface area contributed by atoms with Crippen LogP contribution in [0.25, 0.3) is 11.5 Å². The number of amides is 1. The zero-order chi connectivity index (χ0) is 17.9. The molecule has 1 fully saturated rings. The molecule has 1 aliphatic heterocycles. The Balaban J connectivity index is 1.72. The van der Waals surface area contributed by atoms with E-state index in [0.717, 1.165) is 0 Å². The summed E-state index contributed by atoms with van der Waals surface area (Å²) in [4.78, 5) is 28.5. The van der Waals surface area contributed by atoms with E-state index in [1.165, 1.54) is 0 Å². The van der Waals surface area contributed by atoms with Crippen LogP contribution in [0.4, 0.5) is 0 Å². The van der Waals surface area contributed by atoms with Crippen molar-refractivity contribution in [3.63, 3.8) is 0 Å². The van der Waals surface area contributed by atoms with Crippen LogP contribution in [0.15, 0.2) is 34.9 Å². The highest BCUT2D eigenvalue weighted by atomic mass is 16.5. The largest absolute Gasteiger partial charge is 0.481 e. The van der Waals surface area contributed by atoms with E-state index in [0.29, 0.717) is 48.8 Å². The second-order valence-electron chi connectivity index (χ2n) is 6.19. The molecule has 1 amide bonds. The van der Waals surface area contributed by atoms with Crippen LogP contribution in [0.5, 0.6) is 0 Å². The van der Waals surface area contributed by atoms with Gasteiger partial charge < -0.3 is 19.6 Å². The number of carboxylic acids is 1. The topological polar surface area (TPSA) is 102 Å². The first-order valence-corrected chi connectivity index (χ1v) is 8.13. The van der Waals surface area contributed by atoms with E-state index >= 15 is 0 Å². The second-order valence-corrected chi connectivity index (χ2v) is 6.19. The number of hydrogen-bond donors (Lipinski definition) is 2. The molecule has 25 heavy (non-hydrogen) atoms. The first kappa shape index (κ1) is 17.2. The number of rotatable bonds is 5. The van der Waals surface area contributed by atoms with Crippen molar-refractivity contribution in [1.82, 2.24) is 10.3 Å². The number of carboxylic acid groups (broad SMARTS) is 1. The summed E-state index contributed by atoms with van der Waals surface area (Å²) in [6.45, 7) is 2.59. The Morgan fingerprint density at radius 2 is 2.04 bits per heavy atom. The lowest BCUT2D eigenvalue weighted by Gasteiger charge is -2.33. The van der Waals surface area contributed by atoms with Crippen LogP contribution < -0.4 is 5.32 Å². The lowest BCUT2D eigenvalue weighted by Crippen LogP contribution is -2.46.